The number of nitrogens with one attached hydrogen (secondary N) is 1. The van der Waals surface area contributed by atoms with E-state index in [0.29, 0.717) is 35.5 Å². The maximum absolute atomic E-state index is 12.6. The number of hydrogen-bond acceptors (Lipinski definition) is 8. The number of thiazole rings is 1. The molecule has 1 saturated heterocycles. The number of carbonyl (C=O) groups excluding carboxylic acids is 2. The largest absolute Gasteiger partial charge is 0.344 e. The minimum Gasteiger partial charge on any atom is -0.344 e. The third kappa shape index (κ3) is 4.38. The maximum Gasteiger partial charge on any atom is 0.249 e. The average Bonchev–Trinajstić information content (AvgIpc) is 3.47. The molecular formula is C20H22N6O3S. The lowest BCUT2D eigenvalue weighted by atomic mass is 10.0. The van der Waals surface area contributed by atoms with Gasteiger partial charge in [0.05, 0.1) is 12.1 Å². The summed E-state index contributed by atoms with van der Waals surface area (Å²) in [6.45, 7) is 4.63. The van der Waals surface area contributed by atoms with Crippen molar-refractivity contribution in [2.75, 3.05) is 11.4 Å². The Morgan fingerprint density at radius 2 is 2.23 bits per heavy atom. The number of aromatic nitrogens is 4. The van der Waals surface area contributed by atoms with Crippen molar-refractivity contribution in [3.63, 3.8) is 0 Å². The highest BCUT2D eigenvalue weighted by atomic mass is 32.1. The molecule has 30 heavy (non-hydrogen) atoms. The molecule has 9 nitrogen and oxygen atoms in total. The van der Waals surface area contributed by atoms with Gasteiger partial charge < -0.3 is 9.84 Å². The lowest BCUT2D eigenvalue weighted by molar-refractivity contribution is -0.121. The Kier molecular flexibility index (Phi) is 5.84. The van der Waals surface area contributed by atoms with E-state index in [4.69, 9.17) is 4.52 Å². The molecule has 0 aromatic carbocycles. The predicted molar refractivity (Wildman–Crippen MR) is 111 cm³/mol. The molecule has 1 N–H and O–H groups in total. The number of amides is 2. The molecule has 156 valence electrons. The summed E-state index contributed by atoms with van der Waals surface area (Å²) in [5.74, 6) is 0.709. The van der Waals surface area contributed by atoms with E-state index in [9.17, 15) is 9.59 Å². The van der Waals surface area contributed by atoms with Gasteiger partial charge in [-0.05, 0) is 24.5 Å². The van der Waals surface area contributed by atoms with Crippen LogP contribution in [0.15, 0.2) is 34.4 Å². The number of pyridine rings is 1. The van der Waals surface area contributed by atoms with Gasteiger partial charge in [0, 0.05) is 36.3 Å². The first kappa shape index (κ1) is 20.1. The van der Waals surface area contributed by atoms with Crippen LogP contribution in [-0.4, -0.2) is 38.5 Å². The Labute approximate surface area is 177 Å². The molecule has 1 atom stereocenters. The zero-order valence-corrected chi connectivity index (χ0v) is 17.6. The van der Waals surface area contributed by atoms with Gasteiger partial charge in [0.2, 0.25) is 23.5 Å². The van der Waals surface area contributed by atoms with Crippen molar-refractivity contribution < 1.29 is 14.1 Å². The lowest BCUT2D eigenvalue weighted by Gasteiger charge is -2.18. The van der Waals surface area contributed by atoms with Gasteiger partial charge in [0.15, 0.2) is 5.13 Å². The average molecular weight is 427 g/mol. The molecule has 1 aliphatic rings. The quantitative estimate of drug-likeness (QED) is 0.618. The summed E-state index contributed by atoms with van der Waals surface area (Å²) in [5.41, 5.74) is 1.38. The Hall–Kier alpha value is -3.14. The molecule has 3 aromatic heterocycles. The molecule has 10 heteroatoms. The number of rotatable bonds is 7. The number of carbonyl (C=O) groups is 2. The van der Waals surface area contributed by atoms with Crippen LogP contribution >= 0.6 is 11.3 Å². The van der Waals surface area contributed by atoms with Crippen LogP contribution in [0.5, 0.6) is 0 Å². The van der Waals surface area contributed by atoms with Crippen LogP contribution in [0.1, 0.15) is 44.3 Å². The lowest BCUT2D eigenvalue weighted by Crippen LogP contribution is -2.33. The Morgan fingerprint density at radius 1 is 1.37 bits per heavy atom. The van der Waals surface area contributed by atoms with Gasteiger partial charge in [0.25, 0.3) is 0 Å². The van der Waals surface area contributed by atoms with Gasteiger partial charge in [-0.15, -0.1) is 11.3 Å². The first-order valence-electron chi connectivity index (χ1n) is 9.79. The molecule has 4 heterocycles. The van der Waals surface area contributed by atoms with E-state index in [-0.39, 0.29) is 24.2 Å². The zero-order valence-electron chi connectivity index (χ0n) is 16.7. The highest BCUT2D eigenvalue weighted by Crippen LogP contribution is 2.26. The van der Waals surface area contributed by atoms with Crippen molar-refractivity contribution in [1.82, 2.24) is 25.4 Å². The van der Waals surface area contributed by atoms with Gasteiger partial charge >= 0.3 is 0 Å². The van der Waals surface area contributed by atoms with E-state index in [0.717, 1.165) is 12.0 Å². The van der Waals surface area contributed by atoms with Crippen molar-refractivity contribution in [2.24, 2.45) is 5.92 Å². The molecule has 2 amide bonds. The monoisotopic (exact) mass is 426 g/mol. The second-order valence-electron chi connectivity index (χ2n) is 7.43. The standard InChI is InChI=1S/C20H22N6O3S/c1-12(2)17(19-24-18(25-29-19)13-5-3-7-21-10-13)23-15(27)9-14-11-30-20(22-14)26-8-4-6-16(26)28/h3,5,7,10-12,17H,4,6,8-9H2,1-2H3,(H,23,27). The fourth-order valence-electron chi connectivity index (χ4n) is 3.23. The second-order valence-corrected chi connectivity index (χ2v) is 8.27. The number of hydrogen-bond donors (Lipinski definition) is 1. The third-order valence-electron chi connectivity index (χ3n) is 4.80. The molecule has 3 aromatic rings. The first-order valence-corrected chi connectivity index (χ1v) is 10.7. The summed E-state index contributed by atoms with van der Waals surface area (Å²) >= 11 is 1.38. The molecule has 4 rings (SSSR count). The summed E-state index contributed by atoms with van der Waals surface area (Å²) in [6.07, 6.45) is 4.84. The van der Waals surface area contributed by atoms with Crippen LogP contribution in [0.4, 0.5) is 5.13 Å². The fourth-order valence-corrected chi connectivity index (χ4v) is 4.10. The van der Waals surface area contributed by atoms with E-state index < -0.39 is 6.04 Å². The summed E-state index contributed by atoms with van der Waals surface area (Å²) in [6, 6.07) is 3.22. The van der Waals surface area contributed by atoms with Crippen LogP contribution in [0.3, 0.4) is 0 Å². The van der Waals surface area contributed by atoms with Crippen LogP contribution in [0.2, 0.25) is 0 Å². The third-order valence-corrected chi connectivity index (χ3v) is 5.71. The second kappa shape index (κ2) is 8.70. The van der Waals surface area contributed by atoms with E-state index in [1.165, 1.54) is 11.3 Å². The smallest absolute Gasteiger partial charge is 0.249 e. The summed E-state index contributed by atoms with van der Waals surface area (Å²) < 4.78 is 5.42. The molecule has 0 bridgehead atoms. The molecule has 1 aliphatic heterocycles. The van der Waals surface area contributed by atoms with Crippen molar-refractivity contribution in [1.29, 1.82) is 0 Å². The maximum atomic E-state index is 12.6. The van der Waals surface area contributed by atoms with Crippen LogP contribution in [0, 0.1) is 5.92 Å². The van der Waals surface area contributed by atoms with Crippen LogP contribution in [0.25, 0.3) is 11.4 Å². The molecule has 0 radical (unpaired) electrons. The topological polar surface area (TPSA) is 114 Å². The van der Waals surface area contributed by atoms with Crippen LogP contribution < -0.4 is 10.2 Å². The Morgan fingerprint density at radius 3 is 2.93 bits per heavy atom. The summed E-state index contributed by atoms with van der Waals surface area (Å²) in [7, 11) is 0. The van der Waals surface area contributed by atoms with Crippen molar-refractivity contribution in [2.45, 2.75) is 39.2 Å². The van der Waals surface area contributed by atoms with E-state index >= 15 is 0 Å². The van der Waals surface area contributed by atoms with Gasteiger partial charge in [-0.3, -0.25) is 19.5 Å². The first-order chi connectivity index (χ1) is 14.5. The van der Waals surface area contributed by atoms with Crippen molar-refractivity contribution in [3.05, 3.63) is 41.5 Å². The fraction of sp³-hybridized carbons (Fsp3) is 0.400. The highest BCUT2D eigenvalue weighted by molar-refractivity contribution is 7.14. The van der Waals surface area contributed by atoms with Gasteiger partial charge in [-0.2, -0.15) is 4.98 Å². The molecule has 1 unspecified atom stereocenters. The van der Waals surface area contributed by atoms with E-state index in [1.54, 1.807) is 23.4 Å². The molecule has 1 fully saturated rings. The number of nitrogens with zero attached hydrogens (tertiary/aromatic N) is 5. The SMILES string of the molecule is CC(C)C(NC(=O)Cc1csc(N2CCCC2=O)n1)c1nc(-c2cccnc2)no1. The minimum atomic E-state index is -0.423. The molecule has 0 saturated carbocycles. The minimum absolute atomic E-state index is 0.0457. The van der Waals surface area contributed by atoms with E-state index in [1.807, 2.05) is 25.3 Å². The van der Waals surface area contributed by atoms with Gasteiger partial charge in [-0.25, -0.2) is 4.98 Å². The predicted octanol–water partition coefficient (Wildman–Crippen LogP) is 2.77. The van der Waals surface area contributed by atoms with Gasteiger partial charge in [-0.1, -0.05) is 19.0 Å². The normalized spacial score (nSPS) is 15.0. The zero-order chi connectivity index (χ0) is 21.1. The molecule has 0 aliphatic carbocycles. The molecular weight excluding hydrogens is 404 g/mol. The van der Waals surface area contributed by atoms with Crippen molar-refractivity contribution in [3.8, 4) is 11.4 Å². The van der Waals surface area contributed by atoms with Crippen LogP contribution in [-0.2, 0) is 16.0 Å². The summed E-state index contributed by atoms with van der Waals surface area (Å²) in [4.78, 5) is 39.2. The highest BCUT2D eigenvalue weighted by Gasteiger charge is 2.27. The van der Waals surface area contributed by atoms with Crippen molar-refractivity contribution >= 4 is 28.3 Å². The Bertz CT molecular complexity index is 1030. The van der Waals surface area contributed by atoms with E-state index in [2.05, 4.69) is 25.4 Å². The number of anilines is 1. The van der Waals surface area contributed by atoms with Gasteiger partial charge in [0.1, 0.15) is 6.04 Å². The summed E-state index contributed by atoms with van der Waals surface area (Å²) in [5, 5.41) is 9.45. The Balaban J connectivity index is 1.42. The molecule has 0 spiro atoms.